The number of halogens is 2. The SMILES string of the molecule is COc1ccc(CN(Cc2ccc(OC)cc2)c2ncc(-c3nc(N4CCOCC4)nc4c3CCN4C(=O)Nc3c(F)cccc3F)cn2)cc1. The number of benzene rings is 3. The number of nitrogens with one attached hydrogen (secondary N) is 1. The number of hydrogen-bond donors (Lipinski definition) is 1. The van der Waals surface area contributed by atoms with Crippen molar-refractivity contribution in [2.24, 2.45) is 0 Å². The summed E-state index contributed by atoms with van der Waals surface area (Å²) in [6.45, 7) is 3.43. The van der Waals surface area contributed by atoms with Gasteiger partial charge >= 0.3 is 6.03 Å². The molecule has 0 saturated carbocycles. The van der Waals surface area contributed by atoms with E-state index >= 15 is 0 Å². The molecule has 2 amide bonds. The first-order chi connectivity index (χ1) is 24.9. The number of para-hydroxylation sites is 1. The first-order valence-corrected chi connectivity index (χ1v) is 16.5. The average Bonchev–Trinajstić information content (AvgIpc) is 3.61. The molecule has 2 aromatic heterocycles. The van der Waals surface area contributed by atoms with Gasteiger partial charge in [-0.3, -0.25) is 4.90 Å². The number of anilines is 4. The third-order valence-electron chi connectivity index (χ3n) is 8.81. The summed E-state index contributed by atoms with van der Waals surface area (Å²) in [6.07, 6.45) is 3.87. The van der Waals surface area contributed by atoms with Gasteiger partial charge in [0.05, 0.1) is 33.1 Å². The van der Waals surface area contributed by atoms with Crippen molar-refractivity contribution >= 4 is 29.4 Å². The molecule has 0 atom stereocenters. The molecule has 0 aliphatic carbocycles. The first-order valence-electron chi connectivity index (χ1n) is 16.5. The summed E-state index contributed by atoms with van der Waals surface area (Å²) in [5, 5.41) is 2.39. The number of carbonyl (C=O) groups excluding carboxylic acids is 1. The Morgan fingerprint density at radius 2 is 1.43 bits per heavy atom. The Balaban J connectivity index is 1.22. The van der Waals surface area contributed by atoms with Crippen LogP contribution in [0.3, 0.4) is 0 Å². The van der Waals surface area contributed by atoms with Crippen molar-refractivity contribution in [1.29, 1.82) is 0 Å². The summed E-state index contributed by atoms with van der Waals surface area (Å²) in [4.78, 5) is 38.2. The zero-order valence-electron chi connectivity index (χ0n) is 28.2. The molecule has 1 saturated heterocycles. The maximum atomic E-state index is 14.4. The molecule has 7 rings (SSSR count). The van der Waals surface area contributed by atoms with Gasteiger partial charge in [-0.1, -0.05) is 30.3 Å². The van der Waals surface area contributed by atoms with Gasteiger partial charge in [0.15, 0.2) is 0 Å². The molecule has 4 heterocycles. The van der Waals surface area contributed by atoms with Gasteiger partial charge in [0.25, 0.3) is 0 Å². The second-order valence-corrected chi connectivity index (χ2v) is 12.0. The molecule has 2 aliphatic heterocycles. The van der Waals surface area contributed by atoms with Crippen LogP contribution in [0.25, 0.3) is 11.3 Å². The summed E-state index contributed by atoms with van der Waals surface area (Å²) in [5.74, 6) is 1.08. The highest BCUT2D eigenvalue weighted by Crippen LogP contribution is 2.36. The number of amides is 2. The van der Waals surface area contributed by atoms with Crippen LogP contribution in [0, 0.1) is 11.6 Å². The van der Waals surface area contributed by atoms with E-state index in [1.165, 1.54) is 11.0 Å². The number of ether oxygens (including phenoxy) is 3. The van der Waals surface area contributed by atoms with E-state index in [-0.39, 0.29) is 6.54 Å². The molecule has 51 heavy (non-hydrogen) atoms. The first kappa shape index (κ1) is 33.6. The fourth-order valence-corrected chi connectivity index (χ4v) is 6.08. The zero-order chi connectivity index (χ0) is 35.3. The lowest BCUT2D eigenvalue weighted by Gasteiger charge is -2.28. The largest absolute Gasteiger partial charge is 0.497 e. The van der Waals surface area contributed by atoms with Crippen LogP contribution in [0.5, 0.6) is 11.5 Å². The number of nitrogens with zero attached hydrogens (tertiary/aromatic N) is 7. The molecule has 1 N–H and O–H groups in total. The van der Waals surface area contributed by atoms with Crippen LogP contribution in [0.4, 0.5) is 37.0 Å². The third-order valence-corrected chi connectivity index (χ3v) is 8.81. The molecule has 0 radical (unpaired) electrons. The highest BCUT2D eigenvalue weighted by Gasteiger charge is 2.33. The maximum Gasteiger partial charge on any atom is 0.327 e. The predicted molar refractivity (Wildman–Crippen MR) is 188 cm³/mol. The van der Waals surface area contributed by atoms with Gasteiger partial charge < -0.3 is 29.3 Å². The average molecular weight is 695 g/mol. The minimum absolute atomic E-state index is 0.238. The lowest BCUT2D eigenvalue weighted by atomic mass is 10.1. The monoisotopic (exact) mass is 694 g/mol. The molecule has 0 bridgehead atoms. The summed E-state index contributed by atoms with van der Waals surface area (Å²) in [5.41, 5.74) is 3.52. The Bertz CT molecular complexity index is 1920. The highest BCUT2D eigenvalue weighted by atomic mass is 19.1. The molecular weight excluding hydrogens is 658 g/mol. The summed E-state index contributed by atoms with van der Waals surface area (Å²) >= 11 is 0. The fraction of sp³-hybridized carbons (Fsp3) is 0.270. The molecular formula is C37H36F2N8O4. The van der Waals surface area contributed by atoms with Crippen molar-refractivity contribution < 1.29 is 27.8 Å². The van der Waals surface area contributed by atoms with E-state index in [0.29, 0.717) is 80.3 Å². The topological polar surface area (TPSA) is 118 Å². The smallest absolute Gasteiger partial charge is 0.327 e. The predicted octanol–water partition coefficient (Wildman–Crippen LogP) is 5.87. The number of rotatable bonds is 10. The number of morpholine rings is 1. The van der Waals surface area contributed by atoms with Gasteiger partial charge in [-0.2, -0.15) is 4.98 Å². The second kappa shape index (κ2) is 14.9. The zero-order valence-corrected chi connectivity index (χ0v) is 28.2. The highest BCUT2D eigenvalue weighted by molar-refractivity contribution is 6.03. The minimum atomic E-state index is -0.870. The van der Waals surface area contributed by atoms with Gasteiger partial charge in [0.2, 0.25) is 11.9 Å². The molecule has 12 nitrogen and oxygen atoms in total. The normalized spacial score (nSPS) is 13.9. The van der Waals surface area contributed by atoms with Crippen LogP contribution in [0.15, 0.2) is 79.1 Å². The van der Waals surface area contributed by atoms with Crippen molar-refractivity contribution in [3.8, 4) is 22.8 Å². The Hall–Kier alpha value is -5.89. The number of carbonyl (C=O) groups is 1. The van der Waals surface area contributed by atoms with Crippen LogP contribution >= 0.6 is 0 Å². The van der Waals surface area contributed by atoms with Crippen molar-refractivity contribution in [3.63, 3.8) is 0 Å². The van der Waals surface area contributed by atoms with Gasteiger partial charge in [-0.05, 0) is 53.9 Å². The molecule has 0 unspecified atom stereocenters. The van der Waals surface area contributed by atoms with E-state index in [0.717, 1.165) is 34.8 Å². The van der Waals surface area contributed by atoms with Gasteiger partial charge in [-0.15, -0.1) is 0 Å². The minimum Gasteiger partial charge on any atom is -0.497 e. The Morgan fingerprint density at radius 3 is 2.00 bits per heavy atom. The summed E-state index contributed by atoms with van der Waals surface area (Å²) in [7, 11) is 3.27. The van der Waals surface area contributed by atoms with E-state index in [4.69, 9.17) is 34.1 Å². The van der Waals surface area contributed by atoms with Crippen molar-refractivity contribution in [1.82, 2.24) is 19.9 Å². The summed E-state index contributed by atoms with van der Waals surface area (Å²) < 4.78 is 45.1. The molecule has 0 spiro atoms. The molecule has 3 aromatic carbocycles. The quantitative estimate of drug-likeness (QED) is 0.190. The second-order valence-electron chi connectivity index (χ2n) is 12.0. The third kappa shape index (κ3) is 7.36. The Kier molecular flexibility index (Phi) is 9.83. The number of aromatic nitrogens is 4. The lowest BCUT2D eigenvalue weighted by Crippen LogP contribution is -2.38. The number of urea groups is 1. The van der Waals surface area contributed by atoms with E-state index in [1.54, 1.807) is 26.6 Å². The molecule has 1 fully saturated rings. The van der Waals surface area contributed by atoms with Crippen LogP contribution in [0.1, 0.15) is 16.7 Å². The van der Waals surface area contributed by atoms with Crippen molar-refractivity contribution in [2.75, 3.05) is 67.1 Å². The number of hydrogen-bond acceptors (Lipinski definition) is 10. The molecule has 5 aromatic rings. The fourth-order valence-electron chi connectivity index (χ4n) is 6.08. The van der Waals surface area contributed by atoms with Gasteiger partial charge in [0, 0.05) is 56.2 Å². The van der Waals surface area contributed by atoms with Crippen LogP contribution in [0.2, 0.25) is 0 Å². The molecule has 14 heteroatoms. The van der Waals surface area contributed by atoms with Crippen LogP contribution in [-0.4, -0.2) is 73.0 Å². The van der Waals surface area contributed by atoms with Gasteiger partial charge in [0.1, 0.15) is 34.6 Å². The summed E-state index contributed by atoms with van der Waals surface area (Å²) in [6, 6.07) is 18.4. The Labute approximate surface area is 293 Å². The Morgan fingerprint density at radius 1 is 0.843 bits per heavy atom. The molecule has 2 aliphatic rings. The van der Waals surface area contributed by atoms with Crippen molar-refractivity contribution in [3.05, 3.63) is 107 Å². The lowest BCUT2D eigenvalue weighted by molar-refractivity contribution is 0.122. The van der Waals surface area contributed by atoms with Crippen LogP contribution in [-0.2, 0) is 24.2 Å². The van der Waals surface area contributed by atoms with Gasteiger partial charge in [-0.25, -0.2) is 28.5 Å². The van der Waals surface area contributed by atoms with E-state index in [2.05, 4.69) is 10.2 Å². The van der Waals surface area contributed by atoms with E-state index in [9.17, 15) is 13.6 Å². The van der Waals surface area contributed by atoms with Crippen LogP contribution < -0.4 is 29.5 Å². The van der Waals surface area contributed by atoms with E-state index in [1.807, 2.05) is 53.4 Å². The standard InChI is InChI=1S/C37H36F2N8O4/c1-49-27-10-6-24(7-11-27)22-46(23-25-8-12-28(50-2)13-9-25)35-40-20-26(21-41-35)32-29-14-15-47(37(48)43-33-30(38)4-3-5-31(33)39)34(29)44-36(42-32)45-16-18-51-19-17-45/h3-13,20-21H,14-19,22-23H2,1-2H3,(H,43,48). The maximum absolute atomic E-state index is 14.4. The number of fused-ring (bicyclic) bond motifs is 1. The number of methoxy groups -OCH3 is 2. The van der Waals surface area contributed by atoms with E-state index < -0.39 is 23.4 Å². The van der Waals surface area contributed by atoms with Crippen molar-refractivity contribution in [2.45, 2.75) is 19.5 Å². The molecule has 262 valence electrons.